The molecule has 2 atom stereocenters. The first-order chi connectivity index (χ1) is 30.8. The lowest BCUT2D eigenvalue weighted by Gasteiger charge is -2.63. The number of carbonyl (C=O) groups is 4. The molecule has 1 saturated carbocycles. The summed E-state index contributed by atoms with van der Waals surface area (Å²) in [6, 6.07) is 20.9. The van der Waals surface area contributed by atoms with Gasteiger partial charge < -0.3 is 35.6 Å². The summed E-state index contributed by atoms with van der Waals surface area (Å²) in [6.07, 6.45) is 2.55. The Morgan fingerprint density at radius 1 is 1.00 bits per heavy atom. The molecule has 1 saturated heterocycles. The maximum atomic E-state index is 13.9. The largest absolute Gasteiger partial charge is 0.489 e. The average molecular weight is 925 g/mol. The molecular formula is C50H62ClN7O6S. The number of anilines is 1. The first-order valence-electron chi connectivity index (χ1n) is 22.3. The SMILES string of the molecule is Cc1ncsc1-c1ccc(CNC(=O)[C@@H]2CCCN2C(=O)[C@@H](NC(=O)COCCCCNc2ccc(C(=O)NC3C(C)(C)C(Oc4ccc(C#N)c(Cl)c4)C3(C)C)cc2)C(C)(C)C)cc1. The number of benzene rings is 3. The van der Waals surface area contributed by atoms with Crippen LogP contribution in [0.25, 0.3) is 10.4 Å². The van der Waals surface area contributed by atoms with Gasteiger partial charge >= 0.3 is 0 Å². The summed E-state index contributed by atoms with van der Waals surface area (Å²) in [5.74, 6) is -0.449. The number of aromatic nitrogens is 1. The van der Waals surface area contributed by atoms with Crippen LogP contribution in [0.2, 0.25) is 5.02 Å². The van der Waals surface area contributed by atoms with Gasteiger partial charge in [-0.3, -0.25) is 19.2 Å². The second-order valence-electron chi connectivity index (χ2n) is 19.3. The van der Waals surface area contributed by atoms with Gasteiger partial charge in [-0.25, -0.2) is 4.98 Å². The van der Waals surface area contributed by atoms with Crippen molar-refractivity contribution < 1.29 is 28.7 Å². The van der Waals surface area contributed by atoms with Gasteiger partial charge in [0.2, 0.25) is 17.7 Å². The Labute approximate surface area is 392 Å². The zero-order valence-corrected chi connectivity index (χ0v) is 40.3. The molecule has 2 aliphatic rings. The molecule has 0 unspecified atom stereocenters. The van der Waals surface area contributed by atoms with Gasteiger partial charge in [-0.1, -0.05) is 84.3 Å². The van der Waals surface area contributed by atoms with Crippen LogP contribution in [0.3, 0.4) is 0 Å². The van der Waals surface area contributed by atoms with Crippen molar-refractivity contribution >= 4 is 52.3 Å². The van der Waals surface area contributed by atoms with Crippen LogP contribution in [0.5, 0.6) is 5.75 Å². The summed E-state index contributed by atoms with van der Waals surface area (Å²) < 4.78 is 12.1. The summed E-state index contributed by atoms with van der Waals surface area (Å²) in [7, 11) is 0. The van der Waals surface area contributed by atoms with Crippen molar-refractivity contribution in [1.29, 1.82) is 5.26 Å². The van der Waals surface area contributed by atoms with Crippen LogP contribution >= 0.6 is 22.9 Å². The Morgan fingerprint density at radius 3 is 2.34 bits per heavy atom. The number of ether oxygens (including phenoxy) is 2. The number of likely N-dealkylation sites (tertiary alicyclic amines) is 1. The molecule has 3 aromatic carbocycles. The van der Waals surface area contributed by atoms with Crippen LogP contribution < -0.4 is 26.0 Å². The number of rotatable bonds is 18. The minimum absolute atomic E-state index is 0.154. The topological polar surface area (TPSA) is 175 Å². The number of hydrogen-bond donors (Lipinski definition) is 4. The van der Waals surface area contributed by atoms with E-state index in [1.165, 1.54) is 0 Å². The molecule has 0 bridgehead atoms. The Bertz CT molecular complexity index is 2350. The maximum absolute atomic E-state index is 13.9. The van der Waals surface area contributed by atoms with Crippen LogP contribution in [0, 0.1) is 34.5 Å². The number of halogens is 1. The number of carbonyl (C=O) groups excluding carboxylic acids is 4. The first-order valence-corrected chi connectivity index (χ1v) is 23.5. The number of nitrogens with one attached hydrogen (secondary N) is 4. The highest BCUT2D eigenvalue weighted by atomic mass is 35.5. The Balaban J connectivity index is 0.885. The quantitative estimate of drug-likeness (QED) is 0.0716. The van der Waals surface area contributed by atoms with E-state index in [0.717, 1.165) is 33.8 Å². The third kappa shape index (κ3) is 11.7. The van der Waals surface area contributed by atoms with Gasteiger partial charge in [0.25, 0.3) is 5.91 Å². The van der Waals surface area contributed by atoms with Crippen LogP contribution in [-0.2, 0) is 25.7 Å². The van der Waals surface area contributed by atoms with E-state index < -0.39 is 17.5 Å². The maximum Gasteiger partial charge on any atom is 0.251 e. The third-order valence-electron chi connectivity index (χ3n) is 12.5. The van der Waals surface area contributed by atoms with Crippen LogP contribution in [0.15, 0.2) is 72.2 Å². The van der Waals surface area contributed by atoms with Crippen molar-refractivity contribution in [2.24, 2.45) is 16.2 Å². The van der Waals surface area contributed by atoms with E-state index in [-0.39, 0.29) is 53.2 Å². The van der Waals surface area contributed by atoms with Crippen LogP contribution in [-0.4, -0.2) is 84.0 Å². The number of nitrogens with zero attached hydrogens (tertiary/aromatic N) is 3. The fraction of sp³-hybridized carbons (Fsp3) is 0.480. The van der Waals surface area contributed by atoms with Gasteiger partial charge in [-0.05, 0) is 85.5 Å². The smallest absolute Gasteiger partial charge is 0.251 e. The zero-order chi connectivity index (χ0) is 47.1. The molecule has 0 spiro atoms. The lowest BCUT2D eigenvalue weighted by Crippen LogP contribution is -2.74. The first kappa shape index (κ1) is 49.0. The Hall–Kier alpha value is -5.49. The lowest BCUT2D eigenvalue weighted by molar-refractivity contribution is -0.164. The third-order valence-corrected chi connectivity index (χ3v) is 13.8. The predicted molar refractivity (Wildman–Crippen MR) is 255 cm³/mol. The van der Waals surface area contributed by atoms with Gasteiger partial charge in [0.15, 0.2) is 0 Å². The minimum Gasteiger partial charge on any atom is -0.489 e. The normalized spacial score (nSPS) is 19.0. The molecule has 4 amide bonds. The monoisotopic (exact) mass is 923 g/mol. The van der Waals surface area contributed by atoms with Crippen LogP contribution in [0.4, 0.5) is 5.69 Å². The number of unbranched alkanes of at least 4 members (excludes halogenated alkanes) is 1. The summed E-state index contributed by atoms with van der Waals surface area (Å²) >= 11 is 7.83. The molecule has 1 aliphatic carbocycles. The van der Waals surface area contributed by atoms with Crippen molar-refractivity contribution in [3.63, 3.8) is 0 Å². The fourth-order valence-corrected chi connectivity index (χ4v) is 10.3. The van der Waals surface area contributed by atoms with Crippen molar-refractivity contribution in [2.75, 3.05) is 31.6 Å². The van der Waals surface area contributed by atoms with Gasteiger partial charge in [0.1, 0.15) is 36.6 Å². The number of amides is 4. The Kier molecular flexibility index (Phi) is 15.6. The number of nitriles is 1. The average Bonchev–Trinajstić information content (AvgIpc) is 3.94. The molecule has 13 nitrogen and oxygen atoms in total. The molecule has 346 valence electrons. The summed E-state index contributed by atoms with van der Waals surface area (Å²) in [4.78, 5) is 60.8. The molecule has 1 aliphatic heterocycles. The zero-order valence-electron chi connectivity index (χ0n) is 38.7. The molecular weight excluding hydrogens is 862 g/mol. The number of hydrogen-bond acceptors (Lipinski definition) is 10. The summed E-state index contributed by atoms with van der Waals surface area (Å²) in [5, 5.41) is 22.1. The molecule has 0 radical (unpaired) electrons. The van der Waals surface area contributed by atoms with E-state index in [0.29, 0.717) is 67.4 Å². The molecule has 1 aromatic heterocycles. The van der Waals surface area contributed by atoms with E-state index >= 15 is 0 Å². The van der Waals surface area contributed by atoms with Crippen molar-refractivity contribution in [3.05, 3.63) is 99.6 Å². The molecule has 2 heterocycles. The van der Waals surface area contributed by atoms with Gasteiger partial charge in [0.05, 0.1) is 26.7 Å². The second kappa shape index (κ2) is 20.8. The van der Waals surface area contributed by atoms with Gasteiger partial charge in [-0.2, -0.15) is 5.26 Å². The second-order valence-corrected chi connectivity index (χ2v) is 20.6. The lowest BCUT2D eigenvalue weighted by atomic mass is 9.49. The number of thiazole rings is 1. The van der Waals surface area contributed by atoms with Crippen molar-refractivity contribution in [2.45, 2.75) is 112 Å². The highest BCUT2D eigenvalue weighted by Gasteiger charge is 2.64. The number of aryl methyl sites for hydroxylation is 1. The Morgan fingerprint density at radius 2 is 1.71 bits per heavy atom. The summed E-state index contributed by atoms with van der Waals surface area (Å²) in [6.45, 7) is 17.6. The van der Waals surface area contributed by atoms with E-state index in [4.69, 9.17) is 21.1 Å². The molecule has 15 heteroatoms. The van der Waals surface area contributed by atoms with E-state index in [1.54, 1.807) is 46.6 Å². The van der Waals surface area contributed by atoms with Gasteiger partial charge in [-0.15, -0.1) is 11.3 Å². The van der Waals surface area contributed by atoms with E-state index in [1.807, 2.05) is 69.6 Å². The van der Waals surface area contributed by atoms with Crippen LogP contribution in [0.1, 0.15) is 101 Å². The molecule has 2 fully saturated rings. The molecule has 4 N–H and O–H groups in total. The molecule has 65 heavy (non-hydrogen) atoms. The highest BCUT2D eigenvalue weighted by Crippen LogP contribution is 2.55. The molecule has 4 aromatic rings. The standard InChI is InChI=1S/C50H62ClN7O6S/c1-31-41(65-30-55-31)33-15-13-32(14-16-33)28-54-44(61)39-12-11-24-58(39)45(62)42(48(2,3)4)56-40(59)29-63-25-10-9-23-53-36-20-17-34(18-21-36)43(60)57-46-49(5,6)47(50(46,7)8)64-37-22-19-35(27-52)38(51)26-37/h13-22,26,30,39,42,46-47,53H,9-12,23-25,28-29H2,1-8H3,(H,54,61)(H,56,59)(H,57,60)/t39-,42+,46?,47?/m0/s1. The van der Waals surface area contributed by atoms with E-state index in [2.05, 4.69) is 60.0 Å². The summed E-state index contributed by atoms with van der Waals surface area (Å²) in [5.41, 5.74) is 5.32. The van der Waals surface area contributed by atoms with Crippen molar-refractivity contribution in [3.8, 4) is 22.3 Å². The fourth-order valence-electron chi connectivity index (χ4n) is 9.26. The highest BCUT2D eigenvalue weighted by molar-refractivity contribution is 7.13. The predicted octanol–water partition coefficient (Wildman–Crippen LogP) is 8.30. The minimum atomic E-state index is -0.832. The molecule has 6 rings (SSSR count). The van der Waals surface area contributed by atoms with E-state index in [9.17, 15) is 24.4 Å². The van der Waals surface area contributed by atoms with Gasteiger partial charge in [0, 0.05) is 60.4 Å². The van der Waals surface area contributed by atoms with Crippen molar-refractivity contribution in [1.82, 2.24) is 25.8 Å².